The van der Waals surface area contributed by atoms with Crippen LogP contribution in [0, 0.1) is 0 Å². The molecule has 72 valence electrons. The summed E-state index contributed by atoms with van der Waals surface area (Å²) in [6.07, 6.45) is 1.22. The normalized spacial score (nSPS) is 11.5. The van der Waals surface area contributed by atoms with Crippen LogP contribution in [0.3, 0.4) is 0 Å². The topological polar surface area (TPSA) is 60.2 Å². The number of hydrogen-bond acceptors (Lipinski definition) is 3. The van der Waals surface area contributed by atoms with Crippen molar-refractivity contribution >= 4 is 9.84 Å². The Morgan fingerprint density at radius 2 is 1.77 bits per heavy atom. The highest BCUT2D eigenvalue weighted by atomic mass is 32.2. The molecular formula is C9H13NO2S. The molecule has 0 heterocycles. The molecule has 0 unspecified atom stereocenters. The first-order valence-electron chi connectivity index (χ1n) is 3.97. The third kappa shape index (κ3) is 3.16. The van der Waals surface area contributed by atoms with Gasteiger partial charge >= 0.3 is 0 Å². The molecular weight excluding hydrogens is 186 g/mol. The van der Waals surface area contributed by atoms with Gasteiger partial charge in [0.15, 0.2) is 9.84 Å². The van der Waals surface area contributed by atoms with Crippen LogP contribution in [0.25, 0.3) is 0 Å². The highest BCUT2D eigenvalue weighted by Crippen LogP contribution is 2.10. The molecule has 0 atom stereocenters. The number of rotatable bonds is 3. The quantitative estimate of drug-likeness (QED) is 0.779. The molecule has 0 aliphatic carbocycles. The molecule has 0 aromatic heterocycles. The van der Waals surface area contributed by atoms with Crippen LogP contribution in [-0.4, -0.2) is 14.7 Å². The van der Waals surface area contributed by atoms with Gasteiger partial charge in [0.05, 0.1) is 5.75 Å². The lowest BCUT2D eigenvalue weighted by molar-refractivity contribution is 0.601. The first-order chi connectivity index (χ1) is 6.03. The summed E-state index contributed by atoms with van der Waals surface area (Å²) in [6, 6.07) is 7.32. The van der Waals surface area contributed by atoms with E-state index in [1.165, 1.54) is 6.26 Å². The Morgan fingerprint density at radius 1 is 1.23 bits per heavy atom. The van der Waals surface area contributed by atoms with E-state index in [4.69, 9.17) is 5.73 Å². The Labute approximate surface area is 78.5 Å². The van der Waals surface area contributed by atoms with Gasteiger partial charge in [-0.15, -0.1) is 0 Å². The Balaban J connectivity index is 3.01. The lowest BCUT2D eigenvalue weighted by Crippen LogP contribution is -2.06. The van der Waals surface area contributed by atoms with Crippen LogP contribution >= 0.6 is 0 Å². The third-order valence-electron chi connectivity index (χ3n) is 1.76. The van der Waals surface area contributed by atoms with Gasteiger partial charge < -0.3 is 5.73 Å². The number of hydrogen-bond donors (Lipinski definition) is 1. The van der Waals surface area contributed by atoms with E-state index >= 15 is 0 Å². The number of nitrogens with two attached hydrogens (primary N) is 1. The summed E-state index contributed by atoms with van der Waals surface area (Å²) in [5, 5.41) is 0. The minimum Gasteiger partial charge on any atom is -0.326 e. The minimum absolute atomic E-state index is 0.0698. The predicted molar refractivity (Wildman–Crippen MR) is 52.9 cm³/mol. The lowest BCUT2D eigenvalue weighted by atomic mass is 10.1. The molecule has 13 heavy (non-hydrogen) atoms. The molecule has 1 aromatic carbocycles. The molecule has 0 fully saturated rings. The maximum Gasteiger partial charge on any atom is 0.151 e. The van der Waals surface area contributed by atoms with Gasteiger partial charge in [0.25, 0.3) is 0 Å². The van der Waals surface area contributed by atoms with Crippen molar-refractivity contribution in [3.8, 4) is 0 Å². The van der Waals surface area contributed by atoms with E-state index in [2.05, 4.69) is 0 Å². The molecule has 2 N–H and O–H groups in total. The molecule has 0 bridgehead atoms. The fourth-order valence-corrected chi connectivity index (χ4v) is 2.03. The summed E-state index contributed by atoms with van der Waals surface area (Å²) < 4.78 is 22.1. The Bertz CT molecular complexity index is 384. The smallest absolute Gasteiger partial charge is 0.151 e. The summed E-state index contributed by atoms with van der Waals surface area (Å²) in [4.78, 5) is 0. The van der Waals surface area contributed by atoms with Crippen LogP contribution in [0.15, 0.2) is 24.3 Å². The molecule has 0 aliphatic heterocycles. The van der Waals surface area contributed by atoms with Gasteiger partial charge in [0, 0.05) is 12.8 Å². The molecule has 4 heteroatoms. The van der Waals surface area contributed by atoms with E-state index in [-0.39, 0.29) is 5.75 Å². The first-order valence-corrected chi connectivity index (χ1v) is 6.03. The number of sulfone groups is 1. The Kier molecular flexibility index (Phi) is 3.06. The Morgan fingerprint density at radius 3 is 2.23 bits per heavy atom. The van der Waals surface area contributed by atoms with Crippen LogP contribution in [0.1, 0.15) is 11.1 Å². The van der Waals surface area contributed by atoms with Gasteiger partial charge in [-0.05, 0) is 11.1 Å². The molecule has 0 saturated heterocycles. The van der Waals surface area contributed by atoms with Crippen molar-refractivity contribution in [2.45, 2.75) is 12.3 Å². The maximum atomic E-state index is 11.0. The molecule has 3 nitrogen and oxygen atoms in total. The van der Waals surface area contributed by atoms with Crippen LogP contribution in [0.4, 0.5) is 0 Å². The van der Waals surface area contributed by atoms with Gasteiger partial charge in [0.2, 0.25) is 0 Å². The minimum atomic E-state index is -2.97. The van der Waals surface area contributed by atoms with Crippen molar-refractivity contribution in [2.75, 3.05) is 6.26 Å². The average Bonchev–Trinajstić information content (AvgIpc) is 2.02. The fraction of sp³-hybridized carbons (Fsp3) is 0.333. The summed E-state index contributed by atoms with van der Waals surface area (Å²) in [6.45, 7) is 0.381. The van der Waals surface area contributed by atoms with Gasteiger partial charge in [-0.1, -0.05) is 24.3 Å². The predicted octanol–water partition coefficient (Wildman–Crippen LogP) is 0.690. The van der Waals surface area contributed by atoms with Crippen molar-refractivity contribution in [1.82, 2.24) is 0 Å². The highest BCUT2D eigenvalue weighted by molar-refractivity contribution is 7.89. The zero-order valence-electron chi connectivity index (χ0n) is 7.53. The van der Waals surface area contributed by atoms with Gasteiger partial charge in [-0.3, -0.25) is 0 Å². The van der Waals surface area contributed by atoms with E-state index in [1.54, 1.807) is 6.07 Å². The van der Waals surface area contributed by atoms with Crippen molar-refractivity contribution in [1.29, 1.82) is 0 Å². The molecule has 1 aromatic rings. The molecule has 0 aliphatic rings. The summed E-state index contributed by atoms with van der Waals surface area (Å²) in [5.41, 5.74) is 7.17. The van der Waals surface area contributed by atoms with Gasteiger partial charge in [0.1, 0.15) is 0 Å². The zero-order chi connectivity index (χ0) is 9.90. The first kappa shape index (κ1) is 10.2. The van der Waals surface area contributed by atoms with E-state index in [0.29, 0.717) is 6.54 Å². The monoisotopic (exact) mass is 199 g/mol. The van der Waals surface area contributed by atoms with E-state index in [9.17, 15) is 8.42 Å². The molecule has 0 spiro atoms. The van der Waals surface area contributed by atoms with Crippen LogP contribution in [-0.2, 0) is 22.1 Å². The van der Waals surface area contributed by atoms with Crippen molar-refractivity contribution in [2.24, 2.45) is 5.73 Å². The largest absolute Gasteiger partial charge is 0.326 e. The molecule has 0 radical (unpaired) electrons. The third-order valence-corrected chi connectivity index (χ3v) is 2.59. The highest BCUT2D eigenvalue weighted by Gasteiger charge is 2.07. The molecule has 0 saturated carbocycles. The van der Waals surface area contributed by atoms with E-state index < -0.39 is 9.84 Å². The second kappa shape index (κ2) is 3.89. The van der Waals surface area contributed by atoms with Crippen molar-refractivity contribution in [3.05, 3.63) is 35.4 Å². The molecule has 0 amide bonds. The van der Waals surface area contributed by atoms with Crippen molar-refractivity contribution in [3.63, 3.8) is 0 Å². The summed E-state index contributed by atoms with van der Waals surface area (Å²) in [5.74, 6) is 0.0698. The SMILES string of the molecule is CS(=O)(=O)Cc1ccccc1CN. The standard InChI is InChI=1S/C9H13NO2S/c1-13(11,12)7-9-5-3-2-4-8(9)6-10/h2-5H,6-7,10H2,1H3. The van der Waals surface area contributed by atoms with Crippen LogP contribution < -0.4 is 5.73 Å². The lowest BCUT2D eigenvalue weighted by Gasteiger charge is -2.05. The maximum absolute atomic E-state index is 11.0. The van der Waals surface area contributed by atoms with Crippen LogP contribution in [0.2, 0.25) is 0 Å². The second-order valence-corrected chi connectivity index (χ2v) is 5.18. The van der Waals surface area contributed by atoms with Gasteiger partial charge in [-0.2, -0.15) is 0 Å². The summed E-state index contributed by atoms with van der Waals surface area (Å²) in [7, 11) is -2.97. The van der Waals surface area contributed by atoms with Crippen molar-refractivity contribution < 1.29 is 8.42 Å². The van der Waals surface area contributed by atoms with E-state index in [0.717, 1.165) is 11.1 Å². The molecule has 1 rings (SSSR count). The van der Waals surface area contributed by atoms with Gasteiger partial charge in [-0.25, -0.2) is 8.42 Å². The second-order valence-electron chi connectivity index (χ2n) is 3.04. The fourth-order valence-electron chi connectivity index (χ4n) is 1.18. The average molecular weight is 199 g/mol. The van der Waals surface area contributed by atoms with Crippen LogP contribution in [0.5, 0.6) is 0 Å². The Hall–Kier alpha value is -0.870. The van der Waals surface area contributed by atoms with E-state index in [1.807, 2.05) is 18.2 Å². The number of benzene rings is 1. The summed E-state index contributed by atoms with van der Waals surface area (Å²) >= 11 is 0. The zero-order valence-corrected chi connectivity index (χ0v) is 8.34.